The van der Waals surface area contributed by atoms with Crippen molar-refractivity contribution in [3.05, 3.63) is 57.9 Å². The summed E-state index contributed by atoms with van der Waals surface area (Å²) in [5.74, 6) is -0.297. The van der Waals surface area contributed by atoms with Crippen molar-refractivity contribution in [2.45, 2.75) is 0 Å². The molecule has 0 spiro atoms. The molecule has 22 heavy (non-hydrogen) atoms. The fraction of sp³-hybridized carbons (Fsp3) is 0.0667. The minimum Gasteiger partial charge on any atom is -0.332 e. The lowest BCUT2D eigenvalue weighted by Gasteiger charge is -2.10. The van der Waals surface area contributed by atoms with Crippen molar-refractivity contribution >= 4 is 50.3 Å². The van der Waals surface area contributed by atoms with Gasteiger partial charge < -0.3 is 15.2 Å². The number of halogens is 1. The predicted molar refractivity (Wildman–Crippen MR) is 93.3 cm³/mol. The Morgan fingerprint density at radius 1 is 1.14 bits per heavy atom. The number of benzene rings is 2. The Hall–Kier alpha value is -2.25. The lowest BCUT2D eigenvalue weighted by atomic mass is 10.3. The standard InChI is InChI=1S/C15H12FN3OS2/c1-19-12-7-6-11(8-13(12)22-15(19)20)18-14(21)17-10-4-2-9(16)3-5-10/h2-8H,1H3,(H2,17,18,21). The second kappa shape index (κ2) is 5.86. The quantitative estimate of drug-likeness (QED) is 0.704. The minimum absolute atomic E-state index is 0.000774. The van der Waals surface area contributed by atoms with Crippen LogP contribution in [0.5, 0.6) is 0 Å². The first-order chi connectivity index (χ1) is 10.5. The second-order valence-corrected chi connectivity index (χ2v) is 6.10. The van der Waals surface area contributed by atoms with Gasteiger partial charge in [-0.1, -0.05) is 11.3 Å². The normalized spacial score (nSPS) is 10.6. The second-order valence-electron chi connectivity index (χ2n) is 4.70. The van der Waals surface area contributed by atoms with E-state index in [9.17, 15) is 9.18 Å². The van der Waals surface area contributed by atoms with Gasteiger partial charge in [0.15, 0.2) is 5.11 Å². The zero-order chi connectivity index (χ0) is 15.7. The monoisotopic (exact) mass is 333 g/mol. The van der Waals surface area contributed by atoms with Crippen LogP contribution in [0.1, 0.15) is 0 Å². The summed E-state index contributed by atoms with van der Waals surface area (Å²) in [6, 6.07) is 11.5. The van der Waals surface area contributed by atoms with Gasteiger partial charge in [-0.05, 0) is 54.7 Å². The molecule has 112 valence electrons. The number of aromatic nitrogens is 1. The van der Waals surface area contributed by atoms with Crippen LogP contribution >= 0.6 is 23.6 Å². The number of fused-ring (bicyclic) bond motifs is 1. The number of rotatable bonds is 2. The van der Waals surface area contributed by atoms with Crippen molar-refractivity contribution in [1.82, 2.24) is 4.57 Å². The van der Waals surface area contributed by atoms with Gasteiger partial charge in [0.2, 0.25) is 0 Å². The number of nitrogens with zero attached hydrogens (tertiary/aromatic N) is 1. The van der Waals surface area contributed by atoms with E-state index in [4.69, 9.17) is 12.2 Å². The molecule has 1 heterocycles. The van der Waals surface area contributed by atoms with Crippen molar-refractivity contribution in [2.24, 2.45) is 7.05 Å². The van der Waals surface area contributed by atoms with Crippen LogP contribution in [-0.2, 0) is 7.05 Å². The van der Waals surface area contributed by atoms with Crippen LogP contribution in [0.4, 0.5) is 15.8 Å². The highest BCUT2D eigenvalue weighted by molar-refractivity contribution is 7.80. The van der Waals surface area contributed by atoms with E-state index in [-0.39, 0.29) is 10.7 Å². The first-order valence-electron chi connectivity index (χ1n) is 6.46. The number of aryl methyl sites for hydroxylation is 1. The molecule has 0 atom stereocenters. The van der Waals surface area contributed by atoms with Crippen LogP contribution in [0.2, 0.25) is 0 Å². The van der Waals surface area contributed by atoms with Crippen LogP contribution in [0.25, 0.3) is 10.2 Å². The van der Waals surface area contributed by atoms with Gasteiger partial charge >= 0.3 is 4.87 Å². The van der Waals surface area contributed by atoms with E-state index < -0.39 is 0 Å². The molecule has 2 aromatic carbocycles. The number of anilines is 2. The Balaban J connectivity index is 1.76. The first kappa shape index (κ1) is 14.7. The predicted octanol–water partition coefficient (Wildman–Crippen LogP) is 3.55. The van der Waals surface area contributed by atoms with Crippen LogP contribution in [-0.4, -0.2) is 9.68 Å². The van der Waals surface area contributed by atoms with Crippen molar-refractivity contribution in [3.63, 3.8) is 0 Å². The Bertz CT molecular complexity index is 899. The Morgan fingerprint density at radius 3 is 2.50 bits per heavy atom. The fourth-order valence-electron chi connectivity index (χ4n) is 2.04. The molecule has 0 fully saturated rings. The highest BCUT2D eigenvalue weighted by Crippen LogP contribution is 2.21. The maximum Gasteiger partial charge on any atom is 0.307 e. The summed E-state index contributed by atoms with van der Waals surface area (Å²) in [5, 5.41) is 6.42. The molecule has 3 aromatic rings. The van der Waals surface area contributed by atoms with Crippen molar-refractivity contribution in [1.29, 1.82) is 0 Å². The van der Waals surface area contributed by atoms with Crippen LogP contribution in [0, 0.1) is 5.82 Å². The lowest BCUT2D eigenvalue weighted by Crippen LogP contribution is -2.18. The maximum atomic E-state index is 12.9. The Kier molecular flexibility index (Phi) is 3.91. The van der Waals surface area contributed by atoms with Crippen LogP contribution in [0.3, 0.4) is 0 Å². The third kappa shape index (κ3) is 3.00. The summed E-state index contributed by atoms with van der Waals surface area (Å²) < 4.78 is 15.4. The number of thiocarbonyl (C=S) groups is 1. The number of nitrogens with one attached hydrogen (secondary N) is 2. The van der Waals surface area contributed by atoms with E-state index in [1.54, 1.807) is 23.7 Å². The molecule has 0 radical (unpaired) electrons. The Labute approximate surface area is 135 Å². The lowest BCUT2D eigenvalue weighted by molar-refractivity contribution is 0.628. The van der Waals surface area contributed by atoms with E-state index in [0.29, 0.717) is 10.8 Å². The van der Waals surface area contributed by atoms with E-state index in [1.807, 2.05) is 18.2 Å². The molecule has 0 aliphatic carbocycles. The van der Waals surface area contributed by atoms with E-state index >= 15 is 0 Å². The fourth-order valence-corrected chi connectivity index (χ4v) is 3.19. The van der Waals surface area contributed by atoms with Gasteiger partial charge in [0, 0.05) is 18.4 Å². The molecule has 0 amide bonds. The van der Waals surface area contributed by atoms with Crippen LogP contribution < -0.4 is 15.5 Å². The molecule has 0 unspecified atom stereocenters. The third-order valence-corrected chi connectivity index (χ3v) is 4.35. The number of hydrogen-bond donors (Lipinski definition) is 2. The molecule has 1 aromatic heterocycles. The van der Waals surface area contributed by atoms with Crippen LogP contribution in [0.15, 0.2) is 47.3 Å². The average Bonchev–Trinajstić information content (AvgIpc) is 2.76. The van der Waals surface area contributed by atoms with Gasteiger partial charge in [-0.2, -0.15) is 0 Å². The smallest absolute Gasteiger partial charge is 0.307 e. The van der Waals surface area contributed by atoms with E-state index in [0.717, 1.165) is 15.9 Å². The van der Waals surface area contributed by atoms with Gasteiger partial charge in [0.05, 0.1) is 10.2 Å². The summed E-state index contributed by atoms with van der Waals surface area (Å²) in [7, 11) is 1.75. The summed E-state index contributed by atoms with van der Waals surface area (Å²) in [6.45, 7) is 0. The zero-order valence-electron chi connectivity index (χ0n) is 11.6. The maximum absolute atomic E-state index is 12.9. The van der Waals surface area contributed by atoms with Crippen molar-refractivity contribution in [2.75, 3.05) is 10.6 Å². The summed E-state index contributed by atoms with van der Waals surface area (Å²) >= 11 is 6.41. The first-order valence-corrected chi connectivity index (χ1v) is 7.68. The number of thiazole rings is 1. The minimum atomic E-state index is -0.297. The molecular formula is C15H12FN3OS2. The van der Waals surface area contributed by atoms with E-state index in [2.05, 4.69) is 10.6 Å². The van der Waals surface area contributed by atoms with Crippen molar-refractivity contribution in [3.8, 4) is 0 Å². The molecule has 0 aliphatic rings. The largest absolute Gasteiger partial charge is 0.332 e. The van der Waals surface area contributed by atoms with Gasteiger partial charge in [-0.15, -0.1) is 0 Å². The SMILES string of the molecule is Cn1c(=O)sc2cc(NC(=S)Nc3ccc(F)cc3)ccc21. The third-order valence-electron chi connectivity index (χ3n) is 3.15. The molecule has 0 saturated heterocycles. The summed E-state index contributed by atoms with van der Waals surface area (Å²) in [4.78, 5) is 11.6. The number of hydrogen-bond acceptors (Lipinski definition) is 3. The average molecular weight is 333 g/mol. The van der Waals surface area contributed by atoms with Gasteiger partial charge in [0.25, 0.3) is 0 Å². The molecular weight excluding hydrogens is 321 g/mol. The molecule has 3 rings (SSSR count). The zero-order valence-corrected chi connectivity index (χ0v) is 13.2. The highest BCUT2D eigenvalue weighted by Gasteiger charge is 2.06. The highest BCUT2D eigenvalue weighted by atomic mass is 32.1. The molecule has 4 nitrogen and oxygen atoms in total. The molecule has 7 heteroatoms. The molecule has 2 N–H and O–H groups in total. The summed E-state index contributed by atoms with van der Waals surface area (Å²) in [6.07, 6.45) is 0. The molecule has 0 bridgehead atoms. The topological polar surface area (TPSA) is 46.1 Å². The molecule has 0 saturated carbocycles. The molecule has 0 aliphatic heterocycles. The van der Waals surface area contributed by atoms with Gasteiger partial charge in [-0.3, -0.25) is 4.79 Å². The van der Waals surface area contributed by atoms with Gasteiger partial charge in [0.1, 0.15) is 5.82 Å². The van der Waals surface area contributed by atoms with Crippen molar-refractivity contribution < 1.29 is 4.39 Å². The van der Waals surface area contributed by atoms with E-state index in [1.165, 1.54) is 23.5 Å². The van der Waals surface area contributed by atoms with Gasteiger partial charge in [-0.25, -0.2) is 4.39 Å². The Morgan fingerprint density at radius 2 is 1.77 bits per heavy atom. The summed E-state index contributed by atoms with van der Waals surface area (Å²) in [5.41, 5.74) is 2.37.